The van der Waals surface area contributed by atoms with E-state index < -0.39 is 0 Å². The molecule has 0 radical (unpaired) electrons. The van der Waals surface area contributed by atoms with Gasteiger partial charge in [0.1, 0.15) is 10.8 Å². The van der Waals surface area contributed by atoms with Gasteiger partial charge in [-0.3, -0.25) is 4.79 Å². The van der Waals surface area contributed by atoms with Gasteiger partial charge in [-0.15, -0.1) is 0 Å². The molecule has 2 aromatic heterocycles. The molecule has 3 heterocycles. The Kier molecular flexibility index (Phi) is 4.28. The summed E-state index contributed by atoms with van der Waals surface area (Å²) in [5.41, 5.74) is 4.79. The Morgan fingerprint density at radius 1 is 1.08 bits per heavy atom. The first-order valence-electron chi connectivity index (χ1n) is 8.65. The Morgan fingerprint density at radius 2 is 1.85 bits per heavy atom. The molecule has 0 saturated carbocycles. The van der Waals surface area contributed by atoms with Crippen LogP contribution in [0.5, 0.6) is 0 Å². The maximum absolute atomic E-state index is 12.8. The fourth-order valence-corrected chi connectivity index (χ4v) is 3.48. The average Bonchev–Trinajstić information content (AvgIpc) is 3.06. The third-order valence-corrected chi connectivity index (χ3v) is 4.98. The smallest absolute Gasteiger partial charge is 0.274 e. The monoisotopic (exact) mass is 369 g/mol. The second-order valence-electron chi connectivity index (χ2n) is 6.65. The van der Waals surface area contributed by atoms with E-state index in [2.05, 4.69) is 47.0 Å². The van der Waals surface area contributed by atoms with E-state index >= 15 is 0 Å². The first kappa shape index (κ1) is 16.8. The molecule has 7 heteroatoms. The van der Waals surface area contributed by atoms with Crippen LogP contribution >= 0.6 is 11.6 Å². The summed E-state index contributed by atoms with van der Waals surface area (Å²) in [6.07, 6.45) is 1.64. The van der Waals surface area contributed by atoms with Crippen LogP contribution in [-0.4, -0.2) is 51.6 Å². The summed E-state index contributed by atoms with van der Waals surface area (Å²) < 4.78 is 1.54. The Labute approximate surface area is 157 Å². The topological polar surface area (TPSA) is 53.7 Å². The van der Waals surface area contributed by atoms with Crippen molar-refractivity contribution in [2.24, 2.45) is 0 Å². The van der Waals surface area contributed by atoms with E-state index in [0.717, 1.165) is 13.1 Å². The van der Waals surface area contributed by atoms with Gasteiger partial charge in [0.25, 0.3) is 5.91 Å². The van der Waals surface area contributed by atoms with Crippen LogP contribution in [0.4, 0.5) is 5.69 Å². The summed E-state index contributed by atoms with van der Waals surface area (Å²) in [5.74, 6) is -0.0627. The zero-order valence-electron chi connectivity index (χ0n) is 14.8. The number of carbonyl (C=O) groups is 1. The van der Waals surface area contributed by atoms with Crippen molar-refractivity contribution < 1.29 is 4.79 Å². The Morgan fingerprint density at radius 3 is 2.62 bits per heavy atom. The number of imidazole rings is 1. The maximum atomic E-state index is 12.8. The molecule has 1 aliphatic heterocycles. The van der Waals surface area contributed by atoms with Crippen molar-refractivity contribution in [1.82, 2.24) is 19.5 Å². The van der Waals surface area contributed by atoms with Crippen LogP contribution in [0.25, 0.3) is 5.65 Å². The normalized spacial score (nSPS) is 14.9. The van der Waals surface area contributed by atoms with Gasteiger partial charge in [-0.05, 0) is 43.2 Å². The summed E-state index contributed by atoms with van der Waals surface area (Å²) in [6.45, 7) is 7.21. The number of hydrogen-bond donors (Lipinski definition) is 0. The van der Waals surface area contributed by atoms with Gasteiger partial charge < -0.3 is 9.80 Å². The van der Waals surface area contributed by atoms with Crippen molar-refractivity contribution in [3.05, 3.63) is 58.5 Å². The van der Waals surface area contributed by atoms with Crippen LogP contribution < -0.4 is 4.90 Å². The first-order valence-corrected chi connectivity index (χ1v) is 9.02. The predicted octanol–water partition coefficient (Wildman–Crippen LogP) is 2.96. The summed E-state index contributed by atoms with van der Waals surface area (Å²) in [4.78, 5) is 21.4. The number of halogens is 1. The van der Waals surface area contributed by atoms with Gasteiger partial charge in [-0.1, -0.05) is 23.7 Å². The van der Waals surface area contributed by atoms with Crippen LogP contribution in [-0.2, 0) is 0 Å². The van der Waals surface area contributed by atoms with E-state index in [4.69, 9.17) is 11.6 Å². The van der Waals surface area contributed by atoms with E-state index in [1.807, 2.05) is 4.90 Å². The van der Waals surface area contributed by atoms with Crippen molar-refractivity contribution in [3.63, 3.8) is 0 Å². The van der Waals surface area contributed by atoms with Crippen molar-refractivity contribution in [2.45, 2.75) is 13.8 Å². The summed E-state index contributed by atoms with van der Waals surface area (Å²) in [7, 11) is 0. The van der Waals surface area contributed by atoms with Crippen molar-refractivity contribution >= 4 is 28.8 Å². The molecule has 0 spiro atoms. The minimum absolute atomic E-state index is 0.0627. The molecule has 1 fully saturated rings. The molecule has 0 aliphatic carbocycles. The van der Waals surface area contributed by atoms with Gasteiger partial charge in [-0.2, -0.15) is 5.10 Å². The van der Waals surface area contributed by atoms with Crippen LogP contribution in [0, 0.1) is 13.8 Å². The van der Waals surface area contributed by atoms with Gasteiger partial charge in [0.15, 0.2) is 5.65 Å². The molecule has 3 aromatic rings. The molecule has 4 rings (SSSR count). The van der Waals surface area contributed by atoms with Crippen LogP contribution in [0.1, 0.15) is 21.6 Å². The standard InChI is InChI=1S/C19H20ClN5O/c1-13-3-4-14(2)16(11-13)23-7-9-24(10-8-23)19(26)15-12-25-18(21-15)6-5-17(20)22-25/h3-6,11-12H,7-10H2,1-2H3. The number of nitrogens with zero attached hydrogens (tertiary/aromatic N) is 5. The highest BCUT2D eigenvalue weighted by Gasteiger charge is 2.24. The number of anilines is 1. The fraction of sp³-hybridized carbons (Fsp3) is 0.316. The van der Waals surface area contributed by atoms with Gasteiger partial charge in [0.05, 0.1) is 6.20 Å². The molecule has 1 amide bonds. The Hall–Kier alpha value is -2.60. The zero-order valence-corrected chi connectivity index (χ0v) is 15.6. The molecule has 0 atom stereocenters. The van der Waals surface area contributed by atoms with E-state index in [9.17, 15) is 4.79 Å². The van der Waals surface area contributed by atoms with Gasteiger partial charge in [0.2, 0.25) is 0 Å². The lowest BCUT2D eigenvalue weighted by Crippen LogP contribution is -2.49. The lowest BCUT2D eigenvalue weighted by molar-refractivity contribution is 0.0741. The second kappa shape index (κ2) is 6.61. The molecule has 0 bridgehead atoms. The summed E-state index contributed by atoms with van der Waals surface area (Å²) in [6, 6.07) is 9.91. The molecule has 0 unspecified atom stereocenters. The molecule has 1 aliphatic rings. The minimum atomic E-state index is -0.0627. The quantitative estimate of drug-likeness (QED) is 0.697. The number of fused-ring (bicyclic) bond motifs is 1. The molecule has 134 valence electrons. The second-order valence-corrected chi connectivity index (χ2v) is 7.04. The van der Waals surface area contributed by atoms with Crippen molar-refractivity contribution in [2.75, 3.05) is 31.1 Å². The molecule has 1 saturated heterocycles. The minimum Gasteiger partial charge on any atom is -0.368 e. The van der Waals surface area contributed by atoms with Crippen molar-refractivity contribution in [1.29, 1.82) is 0 Å². The summed E-state index contributed by atoms with van der Waals surface area (Å²) >= 11 is 5.89. The lowest BCUT2D eigenvalue weighted by atomic mass is 10.1. The number of benzene rings is 1. The molecule has 26 heavy (non-hydrogen) atoms. The van der Waals surface area contributed by atoms with E-state index in [1.54, 1.807) is 22.8 Å². The predicted molar refractivity (Wildman–Crippen MR) is 102 cm³/mol. The largest absolute Gasteiger partial charge is 0.368 e. The molecular weight excluding hydrogens is 350 g/mol. The number of aromatic nitrogens is 3. The fourth-order valence-electron chi connectivity index (χ4n) is 3.33. The maximum Gasteiger partial charge on any atom is 0.274 e. The lowest BCUT2D eigenvalue weighted by Gasteiger charge is -2.36. The number of amides is 1. The Balaban J connectivity index is 1.48. The number of rotatable bonds is 2. The van der Waals surface area contributed by atoms with Crippen LogP contribution in [0.2, 0.25) is 5.15 Å². The highest BCUT2D eigenvalue weighted by molar-refractivity contribution is 6.29. The van der Waals surface area contributed by atoms with Gasteiger partial charge >= 0.3 is 0 Å². The zero-order chi connectivity index (χ0) is 18.3. The number of aryl methyl sites for hydroxylation is 2. The van der Waals surface area contributed by atoms with Crippen LogP contribution in [0.15, 0.2) is 36.5 Å². The SMILES string of the molecule is Cc1ccc(C)c(N2CCN(C(=O)c3cn4nc(Cl)ccc4n3)CC2)c1. The van der Waals surface area contributed by atoms with Gasteiger partial charge in [-0.25, -0.2) is 9.50 Å². The first-order chi connectivity index (χ1) is 12.5. The summed E-state index contributed by atoms with van der Waals surface area (Å²) in [5, 5.41) is 4.51. The molecule has 6 nitrogen and oxygen atoms in total. The molecule has 1 aromatic carbocycles. The van der Waals surface area contributed by atoms with Crippen molar-refractivity contribution in [3.8, 4) is 0 Å². The number of carbonyl (C=O) groups excluding carboxylic acids is 1. The molecular formula is C19H20ClN5O. The number of piperazine rings is 1. The van der Waals surface area contributed by atoms with Crippen LogP contribution in [0.3, 0.4) is 0 Å². The third kappa shape index (κ3) is 3.12. The molecule has 0 N–H and O–H groups in total. The third-order valence-electron chi connectivity index (χ3n) is 4.78. The van der Waals surface area contributed by atoms with E-state index in [-0.39, 0.29) is 5.91 Å². The van der Waals surface area contributed by atoms with Gasteiger partial charge in [0, 0.05) is 31.9 Å². The Bertz CT molecular complexity index is 975. The number of hydrogen-bond acceptors (Lipinski definition) is 4. The van der Waals surface area contributed by atoms with E-state index in [1.165, 1.54) is 16.8 Å². The highest BCUT2D eigenvalue weighted by Crippen LogP contribution is 2.23. The van der Waals surface area contributed by atoms with E-state index in [0.29, 0.717) is 29.6 Å². The highest BCUT2D eigenvalue weighted by atomic mass is 35.5. The average molecular weight is 370 g/mol.